The van der Waals surface area contributed by atoms with Gasteiger partial charge in [-0.15, -0.1) is 24.8 Å². The minimum Gasteiger partial charge on any atom is -0.396 e. The van der Waals surface area contributed by atoms with E-state index < -0.39 is 0 Å². The van der Waals surface area contributed by atoms with Crippen LogP contribution < -0.4 is 0 Å². The minimum atomic E-state index is 0. The monoisotopic (exact) mass is 288 g/mol. The molecule has 0 atom stereocenters. The Hall–Kier alpha value is 0.420. The summed E-state index contributed by atoms with van der Waals surface area (Å²) in [6, 6.07) is 0. The Kier molecular flexibility index (Phi) is 14.9. The molecule has 0 aliphatic carbocycles. The fraction of sp³-hybridized carbons (Fsp3) is 1.00. The van der Waals surface area contributed by atoms with Crippen molar-refractivity contribution in [1.29, 1.82) is 0 Å². The first kappa shape index (κ1) is 19.8. The normalized spacial score (nSPS) is 18.0. The number of aliphatic hydroxyl groups excluding tert-OH is 2. The van der Waals surface area contributed by atoms with Gasteiger partial charge < -0.3 is 20.0 Å². The molecule has 2 N–H and O–H groups in total. The van der Waals surface area contributed by atoms with Crippen molar-refractivity contribution < 1.29 is 10.2 Å². The van der Waals surface area contributed by atoms with Crippen molar-refractivity contribution in [3.63, 3.8) is 0 Å². The molecular formula is C11H26Cl2N2O2. The van der Waals surface area contributed by atoms with Crippen molar-refractivity contribution in [2.45, 2.75) is 19.3 Å². The lowest BCUT2D eigenvalue weighted by atomic mass is 10.3. The van der Waals surface area contributed by atoms with Gasteiger partial charge in [0, 0.05) is 39.4 Å². The molecule has 0 saturated carbocycles. The van der Waals surface area contributed by atoms with Gasteiger partial charge in [0.05, 0.1) is 0 Å². The molecule has 0 aromatic heterocycles. The highest BCUT2D eigenvalue weighted by Crippen LogP contribution is 2.04. The van der Waals surface area contributed by atoms with Crippen LogP contribution in [-0.2, 0) is 0 Å². The molecule has 0 spiro atoms. The Morgan fingerprint density at radius 1 is 0.706 bits per heavy atom. The van der Waals surface area contributed by atoms with E-state index in [9.17, 15) is 0 Å². The van der Waals surface area contributed by atoms with E-state index in [1.165, 1.54) is 6.42 Å². The highest BCUT2D eigenvalue weighted by Gasteiger charge is 2.13. The Morgan fingerprint density at radius 3 is 1.47 bits per heavy atom. The lowest BCUT2D eigenvalue weighted by Gasteiger charge is -2.21. The lowest BCUT2D eigenvalue weighted by Crippen LogP contribution is -2.32. The topological polar surface area (TPSA) is 46.9 Å². The quantitative estimate of drug-likeness (QED) is 0.752. The van der Waals surface area contributed by atoms with Crippen molar-refractivity contribution in [2.24, 2.45) is 0 Å². The molecular weight excluding hydrogens is 263 g/mol. The summed E-state index contributed by atoms with van der Waals surface area (Å²) in [6.07, 6.45) is 2.98. The van der Waals surface area contributed by atoms with Crippen LogP contribution in [0.25, 0.3) is 0 Å². The van der Waals surface area contributed by atoms with Crippen LogP contribution in [-0.4, -0.2) is 72.5 Å². The number of nitrogens with zero attached hydrogens (tertiary/aromatic N) is 2. The van der Waals surface area contributed by atoms with Gasteiger partial charge in [0.1, 0.15) is 0 Å². The van der Waals surface area contributed by atoms with Crippen LogP contribution in [0.1, 0.15) is 19.3 Å². The first-order valence-corrected chi connectivity index (χ1v) is 6.03. The zero-order chi connectivity index (χ0) is 10.9. The molecule has 4 nitrogen and oxygen atoms in total. The zero-order valence-corrected chi connectivity index (χ0v) is 12.0. The number of rotatable bonds is 6. The van der Waals surface area contributed by atoms with Gasteiger partial charge in [-0.05, 0) is 32.4 Å². The third kappa shape index (κ3) is 9.05. The maximum Gasteiger partial charge on any atom is 0.0443 e. The number of aliphatic hydroxyl groups is 2. The minimum absolute atomic E-state index is 0. The Morgan fingerprint density at radius 2 is 1.12 bits per heavy atom. The maximum absolute atomic E-state index is 8.77. The second-order valence-electron chi connectivity index (χ2n) is 4.19. The van der Waals surface area contributed by atoms with E-state index in [0.717, 1.165) is 52.1 Å². The van der Waals surface area contributed by atoms with Crippen molar-refractivity contribution in [3.05, 3.63) is 0 Å². The first-order valence-electron chi connectivity index (χ1n) is 6.03. The number of halogens is 2. The maximum atomic E-state index is 8.77. The standard InChI is InChI=1S/C11H24N2O2.2ClH/c14-10-2-6-12-4-1-5-13(9-8-12)7-3-11-15;;/h14-15H,1-11H2;2*1H. The third-order valence-electron chi connectivity index (χ3n) is 2.95. The molecule has 17 heavy (non-hydrogen) atoms. The average Bonchev–Trinajstić information content (AvgIpc) is 2.49. The number of hydrogen-bond donors (Lipinski definition) is 2. The molecule has 1 heterocycles. The van der Waals surface area contributed by atoms with E-state index in [0.29, 0.717) is 13.2 Å². The molecule has 1 fully saturated rings. The Labute approximate surface area is 117 Å². The van der Waals surface area contributed by atoms with E-state index in [2.05, 4.69) is 9.80 Å². The molecule has 0 aromatic carbocycles. The highest BCUT2D eigenvalue weighted by atomic mass is 35.5. The van der Waals surface area contributed by atoms with Gasteiger partial charge in [0.15, 0.2) is 0 Å². The van der Waals surface area contributed by atoms with Crippen LogP contribution in [0.2, 0.25) is 0 Å². The van der Waals surface area contributed by atoms with Gasteiger partial charge in [0.25, 0.3) is 0 Å². The zero-order valence-electron chi connectivity index (χ0n) is 10.4. The number of hydrogen-bond acceptors (Lipinski definition) is 4. The van der Waals surface area contributed by atoms with E-state index in [1.54, 1.807) is 0 Å². The smallest absolute Gasteiger partial charge is 0.0443 e. The average molecular weight is 289 g/mol. The predicted molar refractivity (Wildman–Crippen MR) is 75.4 cm³/mol. The summed E-state index contributed by atoms with van der Waals surface area (Å²) < 4.78 is 0. The van der Waals surface area contributed by atoms with Crippen LogP contribution >= 0.6 is 24.8 Å². The van der Waals surface area contributed by atoms with E-state index in [-0.39, 0.29) is 24.8 Å². The van der Waals surface area contributed by atoms with Crippen LogP contribution in [0.3, 0.4) is 0 Å². The van der Waals surface area contributed by atoms with E-state index in [4.69, 9.17) is 10.2 Å². The molecule has 0 unspecified atom stereocenters. The molecule has 1 aliphatic rings. The fourth-order valence-electron chi connectivity index (χ4n) is 2.06. The van der Waals surface area contributed by atoms with Gasteiger partial charge in [-0.25, -0.2) is 0 Å². The van der Waals surface area contributed by atoms with Gasteiger partial charge >= 0.3 is 0 Å². The van der Waals surface area contributed by atoms with E-state index >= 15 is 0 Å². The van der Waals surface area contributed by atoms with Crippen LogP contribution in [0.5, 0.6) is 0 Å². The summed E-state index contributed by atoms with van der Waals surface area (Å²) in [7, 11) is 0. The van der Waals surface area contributed by atoms with Crippen molar-refractivity contribution >= 4 is 24.8 Å². The van der Waals surface area contributed by atoms with Crippen molar-refractivity contribution in [3.8, 4) is 0 Å². The molecule has 0 radical (unpaired) electrons. The predicted octanol–water partition coefficient (Wildman–Crippen LogP) is 0.602. The van der Waals surface area contributed by atoms with Crippen LogP contribution in [0, 0.1) is 0 Å². The molecule has 1 rings (SSSR count). The highest BCUT2D eigenvalue weighted by molar-refractivity contribution is 5.85. The molecule has 106 valence electrons. The summed E-state index contributed by atoms with van der Waals surface area (Å²) in [4.78, 5) is 4.85. The Bertz CT molecular complexity index is 148. The van der Waals surface area contributed by atoms with Crippen LogP contribution in [0.15, 0.2) is 0 Å². The molecule has 6 heteroatoms. The first-order chi connectivity index (χ1) is 7.36. The SMILES string of the molecule is Cl.Cl.OCCCN1CCCN(CCCO)CC1. The summed E-state index contributed by atoms with van der Waals surface area (Å²) >= 11 is 0. The summed E-state index contributed by atoms with van der Waals surface area (Å²) in [6.45, 7) is 7.13. The third-order valence-corrected chi connectivity index (χ3v) is 2.95. The second-order valence-corrected chi connectivity index (χ2v) is 4.19. The molecule has 1 aliphatic heterocycles. The van der Waals surface area contributed by atoms with Crippen LogP contribution in [0.4, 0.5) is 0 Å². The molecule has 0 amide bonds. The largest absolute Gasteiger partial charge is 0.396 e. The fourth-order valence-corrected chi connectivity index (χ4v) is 2.06. The molecule has 0 aromatic rings. The van der Waals surface area contributed by atoms with Gasteiger partial charge in [-0.2, -0.15) is 0 Å². The lowest BCUT2D eigenvalue weighted by molar-refractivity contribution is 0.212. The Balaban J connectivity index is 0. The summed E-state index contributed by atoms with van der Waals surface area (Å²) in [5.74, 6) is 0. The second kappa shape index (κ2) is 12.9. The van der Waals surface area contributed by atoms with Gasteiger partial charge in [0.2, 0.25) is 0 Å². The van der Waals surface area contributed by atoms with E-state index in [1.807, 2.05) is 0 Å². The van der Waals surface area contributed by atoms with Crippen molar-refractivity contribution in [2.75, 3.05) is 52.5 Å². The van der Waals surface area contributed by atoms with Gasteiger partial charge in [-0.1, -0.05) is 0 Å². The molecule has 1 saturated heterocycles. The van der Waals surface area contributed by atoms with Crippen molar-refractivity contribution in [1.82, 2.24) is 9.80 Å². The van der Waals surface area contributed by atoms with Gasteiger partial charge in [-0.3, -0.25) is 0 Å². The summed E-state index contributed by atoms with van der Waals surface area (Å²) in [5.41, 5.74) is 0. The molecule has 0 bridgehead atoms. The summed E-state index contributed by atoms with van der Waals surface area (Å²) in [5, 5.41) is 17.5.